The molecular formula is C21H34O2Si3. The molecule has 0 heterocycles. The van der Waals surface area contributed by atoms with Crippen LogP contribution in [0.3, 0.4) is 0 Å². The SMILES string of the molecule is CC(O[SiH](C)CCc1ccccc1)[SiH](C)O[SiH](C)CCc1ccccc1. The van der Waals surface area contributed by atoms with Crippen LogP contribution in [0.15, 0.2) is 60.7 Å². The van der Waals surface area contributed by atoms with E-state index in [4.69, 9.17) is 8.54 Å². The van der Waals surface area contributed by atoms with Gasteiger partial charge in [-0.05, 0) is 62.6 Å². The highest BCUT2D eigenvalue weighted by molar-refractivity contribution is 6.66. The van der Waals surface area contributed by atoms with E-state index in [1.807, 2.05) is 0 Å². The molecule has 2 aromatic rings. The molecular weight excluding hydrogens is 368 g/mol. The van der Waals surface area contributed by atoms with Gasteiger partial charge in [0.05, 0.1) is 5.73 Å². The second-order valence-electron chi connectivity index (χ2n) is 7.35. The van der Waals surface area contributed by atoms with Crippen LogP contribution in [0, 0.1) is 0 Å². The molecule has 2 rings (SSSR count). The average molecular weight is 403 g/mol. The number of hydrogen-bond donors (Lipinski definition) is 0. The minimum Gasteiger partial charge on any atom is -0.459 e. The summed E-state index contributed by atoms with van der Waals surface area (Å²) >= 11 is 0. The number of aryl methyl sites for hydroxylation is 2. The van der Waals surface area contributed by atoms with E-state index in [1.165, 1.54) is 23.2 Å². The maximum atomic E-state index is 6.47. The molecule has 0 radical (unpaired) electrons. The van der Waals surface area contributed by atoms with Gasteiger partial charge in [0.1, 0.15) is 0 Å². The Morgan fingerprint density at radius 1 is 0.731 bits per heavy atom. The Hall–Kier alpha value is -0.989. The average Bonchev–Trinajstić information content (AvgIpc) is 2.66. The molecule has 4 unspecified atom stereocenters. The zero-order chi connectivity index (χ0) is 18.8. The van der Waals surface area contributed by atoms with Gasteiger partial charge in [-0.3, -0.25) is 0 Å². The van der Waals surface area contributed by atoms with Gasteiger partial charge in [0.25, 0.3) is 0 Å². The lowest BCUT2D eigenvalue weighted by molar-refractivity contribution is 0.279. The molecule has 0 aliphatic rings. The van der Waals surface area contributed by atoms with E-state index < -0.39 is 27.1 Å². The van der Waals surface area contributed by atoms with E-state index in [2.05, 4.69) is 87.2 Å². The molecule has 0 bridgehead atoms. The first-order valence-electron chi connectivity index (χ1n) is 9.93. The second kappa shape index (κ2) is 11.7. The molecule has 0 N–H and O–H groups in total. The highest BCUT2D eigenvalue weighted by Gasteiger charge is 2.21. The van der Waals surface area contributed by atoms with Crippen LogP contribution in [0.4, 0.5) is 0 Å². The molecule has 4 atom stereocenters. The van der Waals surface area contributed by atoms with Crippen LogP contribution in [-0.4, -0.2) is 32.8 Å². The Morgan fingerprint density at radius 3 is 1.69 bits per heavy atom. The van der Waals surface area contributed by atoms with E-state index in [0.717, 1.165) is 12.8 Å². The van der Waals surface area contributed by atoms with Crippen LogP contribution >= 0.6 is 0 Å². The molecule has 26 heavy (non-hydrogen) atoms. The molecule has 0 amide bonds. The molecule has 0 aromatic heterocycles. The number of rotatable bonds is 11. The molecule has 2 nitrogen and oxygen atoms in total. The Balaban J connectivity index is 1.66. The topological polar surface area (TPSA) is 18.5 Å². The molecule has 0 spiro atoms. The summed E-state index contributed by atoms with van der Waals surface area (Å²) in [5, 5.41) is 0. The molecule has 2 aromatic carbocycles. The number of hydrogen-bond acceptors (Lipinski definition) is 2. The van der Waals surface area contributed by atoms with Gasteiger partial charge in [-0.2, -0.15) is 0 Å². The Morgan fingerprint density at radius 2 is 1.19 bits per heavy atom. The summed E-state index contributed by atoms with van der Waals surface area (Å²) < 4.78 is 12.9. The van der Waals surface area contributed by atoms with Crippen molar-refractivity contribution < 1.29 is 8.54 Å². The summed E-state index contributed by atoms with van der Waals surface area (Å²) in [6.07, 6.45) is 2.28. The summed E-state index contributed by atoms with van der Waals surface area (Å²) in [6.45, 7) is 9.22. The van der Waals surface area contributed by atoms with Crippen molar-refractivity contribution in [2.24, 2.45) is 0 Å². The largest absolute Gasteiger partial charge is 0.459 e. The van der Waals surface area contributed by atoms with Crippen molar-refractivity contribution in [1.29, 1.82) is 0 Å². The Labute approximate surface area is 164 Å². The predicted octanol–water partition coefficient (Wildman–Crippen LogP) is 4.49. The molecule has 0 aliphatic heterocycles. The van der Waals surface area contributed by atoms with Gasteiger partial charge >= 0.3 is 0 Å². The van der Waals surface area contributed by atoms with E-state index >= 15 is 0 Å². The third-order valence-electron chi connectivity index (χ3n) is 4.92. The van der Waals surface area contributed by atoms with Gasteiger partial charge in [-0.1, -0.05) is 60.7 Å². The Kier molecular flexibility index (Phi) is 9.56. The first-order valence-corrected chi connectivity index (χ1v) is 17.1. The van der Waals surface area contributed by atoms with Crippen LogP contribution in [0.5, 0.6) is 0 Å². The second-order valence-corrected chi connectivity index (χ2v) is 15.5. The fourth-order valence-corrected chi connectivity index (χ4v) is 11.5. The molecule has 0 saturated carbocycles. The van der Waals surface area contributed by atoms with Crippen LogP contribution in [-0.2, 0) is 21.4 Å². The van der Waals surface area contributed by atoms with E-state index in [-0.39, 0.29) is 0 Å². The van der Waals surface area contributed by atoms with Crippen molar-refractivity contribution in [3.8, 4) is 0 Å². The normalized spacial score (nSPS) is 16.0. The zero-order valence-corrected chi connectivity index (χ0v) is 20.2. The van der Waals surface area contributed by atoms with Crippen molar-refractivity contribution in [3.05, 3.63) is 71.8 Å². The van der Waals surface area contributed by atoms with Crippen molar-refractivity contribution in [1.82, 2.24) is 0 Å². The van der Waals surface area contributed by atoms with Crippen molar-refractivity contribution in [2.75, 3.05) is 0 Å². The lowest BCUT2D eigenvalue weighted by Gasteiger charge is -2.26. The van der Waals surface area contributed by atoms with Crippen molar-refractivity contribution >= 4 is 27.1 Å². The van der Waals surface area contributed by atoms with Gasteiger partial charge in [0, 0.05) is 0 Å². The van der Waals surface area contributed by atoms with Gasteiger partial charge in [0.15, 0.2) is 27.1 Å². The lowest BCUT2D eigenvalue weighted by atomic mass is 10.2. The van der Waals surface area contributed by atoms with Gasteiger partial charge in [-0.15, -0.1) is 0 Å². The smallest absolute Gasteiger partial charge is 0.187 e. The fourth-order valence-electron chi connectivity index (χ4n) is 3.12. The first kappa shape index (κ1) is 21.3. The third-order valence-corrected chi connectivity index (χ3v) is 13.4. The van der Waals surface area contributed by atoms with Crippen LogP contribution in [0.25, 0.3) is 0 Å². The summed E-state index contributed by atoms with van der Waals surface area (Å²) in [5.74, 6) is 0. The minimum atomic E-state index is -1.26. The van der Waals surface area contributed by atoms with Gasteiger partial charge < -0.3 is 8.54 Å². The van der Waals surface area contributed by atoms with Crippen LogP contribution < -0.4 is 0 Å². The number of benzene rings is 2. The highest BCUT2D eigenvalue weighted by Crippen LogP contribution is 2.12. The van der Waals surface area contributed by atoms with E-state index in [9.17, 15) is 0 Å². The summed E-state index contributed by atoms with van der Waals surface area (Å²) in [6, 6.07) is 23.9. The monoisotopic (exact) mass is 402 g/mol. The molecule has 0 saturated heterocycles. The quantitative estimate of drug-likeness (QED) is 0.515. The van der Waals surface area contributed by atoms with E-state index in [1.54, 1.807) is 0 Å². The predicted molar refractivity (Wildman–Crippen MR) is 121 cm³/mol. The van der Waals surface area contributed by atoms with Crippen LogP contribution in [0.1, 0.15) is 18.1 Å². The molecule has 0 aliphatic carbocycles. The maximum absolute atomic E-state index is 6.47. The first-order chi connectivity index (χ1) is 12.5. The van der Waals surface area contributed by atoms with Crippen molar-refractivity contribution in [2.45, 2.75) is 57.2 Å². The molecule has 142 valence electrons. The maximum Gasteiger partial charge on any atom is 0.187 e. The Bertz CT molecular complexity index is 554. The highest BCUT2D eigenvalue weighted by atomic mass is 28.4. The van der Waals surface area contributed by atoms with Gasteiger partial charge in [-0.25, -0.2) is 0 Å². The molecule has 5 heteroatoms. The lowest BCUT2D eigenvalue weighted by Crippen LogP contribution is -2.38. The summed E-state index contributed by atoms with van der Waals surface area (Å²) in [7, 11) is -3.49. The summed E-state index contributed by atoms with van der Waals surface area (Å²) in [5.41, 5.74) is 3.18. The minimum absolute atomic E-state index is 0.333. The molecule has 0 fully saturated rings. The van der Waals surface area contributed by atoms with E-state index in [0.29, 0.717) is 5.73 Å². The van der Waals surface area contributed by atoms with Crippen molar-refractivity contribution in [3.63, 3.8) is 0 Å². The third kappa shape index (κ3) is 8.14. The zero-order valence-electron chi connectivity index (χ0n) is 16.7. The summed E-state index contributed by atoms with van der Waals surface area (Å²) in [4.78, 5) is 0. The fraction of sp³-hybridized carbons (Fsp3) is 0.429. The van der Waals surface area contributed by atoms with Crippen LogP contribution in [0.2, 0.25) is 31.7 Å². The standard InChI is InChI=1S/C21H34O2Si3/c1-19(22-24(2)17-15-20-11-7-5-8-12-20)26(4)23-25(3)18-16-21-13-9-6-10-14-21/h5-14,19,24-26H,15-18H2,1-4H3. The van der Waals surface area contributed by atoms with Gasteiger partial charge in [0.2, 0.25) is 0 Å².